The van der Waals surface area contributed by atoms with Crippen LogP contribution in [0.4, 0.5) is 5.69 Å². The minimum Gasteiger partial charge on any atom is -0.338 e. The number of anilines is 1. The molecular weight excluding hydrogens is 502 g/mol. The van der Waals surface area contributed by atoms with Gasteiger partial charge in [0.05, 0.1) is 17.4 Å². The summed E-state index contributed by atoms with van der Waals surface area (Å²) in [6.07, 6.45) is 1.65. The highest BCUT2D eigenvalue weighted by molar-refractivity contribution is 7.89. The van der Waals surface area contributed by atoms with Crippen LogP contribution in [-0.4, -0.2) is 59.8 Å². The number of rotatable bonds is 9. The van der Waals surface area contributed by atoms with Crippen LogP contribution >= 0.6 is 11.6 Å². The van der Waals surface area contributed by atoms with Gasteiger partial charge in [-0.25, -0.2) is 8.42 Å². The van der Waals surface area contributed by atoms with E-state index in [2.05, 4.69) is 20.4 Å². The van der Waals surface area contributed by atoms with Gasteiger partial charge in [0.25, 0.3) is 0 Å². The molecule has 0 aliphatic carbocycles. The number of amides is 1. The molecule has 1 atom stereocenters. The number of benzene rings is 2. The molecular formula is C25H30ClN5O4S. The first kappa shape index (κ1) is 26.3. The van der Waals surface area contributed by atoms with Crippen LogP contribution in [0.25, 0.3) is 11.4 Å². The Balaban J connectivity index is 1.34. The molecule has 1 amide bonds. The Kier molecular flexibility index (Phi) is 8.40. The molecule has 1 fully saturated rings. The molecule has 1 aliphatic rings. The van der Waals surface area contributed by atoms with Gasteiger partial charge in [-0.1, -0.05) is 30.6 Å². The molecule has 0 spiro atoms. The van der Waals surface area contributed by atoms with E-state index < -0.39 is 10.0 Å². The van der Waals surface area contributed by atoms with Crippen molar-refractivity contribution in [2.24, 2.45) is 5.92 Å². The lowest BCUT2D eigenvalue weighted by molar-refractivity contribution is -0.121. The smallest absolute Gasteiger partial charge is 0.243 e. The van der Waals surface area contributed by atoms with Crippen molar-refractivity contribution in [2.75, 3.05) is 31.5 Å². The summed E-state index contributed by atoms with van der Waals surface area (Å²) in [7, 11) is -3.53. The van der Waals surface area contributed by atoms with Gasteiger partial charge in [0.1, 0.15) is 0 Å². The van der Waals surface area contributed by atoms with Gasteiger partial charge in [-0.2, -0.15) is 9.29 Å². The van der Waals surface area contributed by atoms with Crippen LogP contribution in [-0.2, 0) is 21.4 Å². The quantitative estimate of drug-likeness (QED) is 0.439. The van der Waals surface area contributed by atoms with Gasteiger partial charge in [0, 0.05) is 35.9 Å². The molecule has 1 aromatic heterocycles. The molecule has 9 nitrogen and oxygen atoms in total. The maximum atomic E-state index is 12.9. The fourth-order valence-electron chi connectivity index (χ4n) is 4.31. The molecule has 1 aliphatic heterocycles. The Hall–Kier alpha value is -2.79. The number of sulfonamides is 1. The number of hydrogen-bond donors (Lipinski definition) is 1. The molecule has 4 rings (SSSR count). The molecule has 1 saturated heterocycles. The van der Waals surface area contributed by atoms with Crippen LogP contribution in [0.2, 0.25) is 5.02 Å². The molecule has 36 heavy (non-hydrogen) atoms. The maximum absolute atomic E-state index is 12.9. The number of carbonyl (C=O) groups excluding carboxylic acids is 1. The Morgan fingerprint density at radius 1 is 1.14 bits per heavy atom. The molecule has 3 aromatic rings. The van der Waals surface area contributed by atoms with E-state index in [1.807, 2.05) is 12.1 Å². The van der Waals surface area contributed by atoms with E-state index in [9.17, 15) is 13.2 Å². The summed E-state index contributed by atoms with van der Waals surface area (Å²) < 4.78 is 32.2. The van der Waals surface area contributed by atoms with E-state index in [1.54, 1.807) is 38.1 Å². The molecule has 2 heterocycles. The van der Waals surface area contributed by atoms with Crippen LogP contribution < -0.4 is 5.32 Å². The van der Waals surface area contributed by atoms with Crippen molar-refractivity contribution in [3.8, 4) is 11.4 Å². The normalized spacial score (nSPS) is 16.8. The number of nitrogens with one attached hydrogen (secondary N) is 1. The van der Waals surface area contributed by atoms with Crippen molar-refractivity contribution in [2.45, 2.75) is 38.1 Å². The second-order valence-corrected chi connectivity index (χ2v) is 11.1. The summed E-state index contributed by atoms with van der Waals surface area (Å²) in [6, 6.07) is 13.6. The minimum absolute atomic E-state index is 0.0913. The molecule has 0 saturated carbocycles. The van der Waals surface area contributed by atoms with Gasteiger partial charge >= 0.3 is 0 Å². The first-order valence-electron chi connectivity index (χ1n) is 12.0. The molecule has 11 heteroatoms. The number of piperidine rings is 1. The largest absolute Gasteiger partial charge is 0.338 e. The standard InChI is InChI=1S/C25H30ClN5O4S/c1-3-31(4-2)36(33,34)22-13-11-21(12-14-22)27-25(32)19-6-5-15-30(16-19)17-23-28-24(29-35-23)18-7-9-20(26)10-8-18/h7-14,19H,3-6,15-17H2,1-2H3,(H,27,32). The number of halogens is 1. The van der Waals surface area contributed by atoms with E-state index in [-0.39, 0.29) is 16.7 Å². The molecule has 0 radical (unpaired) electrons. The predicted octanol–water partition coefficient (Wildman–Crippen LogP) is 4.27. The zero-order valence-electron chi connectivity index (χ0n) is 20.4. The lowest BCUT2D eigenvalue weighted by Crippen LogP contribution is -2.40. The highest BCUT2D eigenvalue weighted by atomic mass is 35.5. The average molecular weight is 532 g/mol. The average Bonchev–Trinajstić information content (AvgIpc) is 3.34. The highest BCUT2D eigenvalue weighted by Crippen LogP contribution is 2.23. The Bertz CT molecular complexity index is 1270. The summed E-state index contributed by atoms with van der Waals surface area (Å²) in [5.74, 6) is 0.702. The molecule has 2 aromatic carbocycles. The summed E-state index contributed by atoms with van der Waals surface area (Å²) in [4.78, 5) is 19.8. The summed E-state index contributed by atoms with van der Waals surface area (Å²) >= 11 is 5.94. The minimum atomic E-state index is -3.53. The van der Waals surface area contributed by atoms with Gasteiger partial charge in [0.15, 0.2) is 0 Å². The molecule has 0 bridgehead atoms. The van der Waals surface area contributed by atoms with E-state index >= 15 is 0 Å². The van der Waals surface area contributed by atoms with Crippen LogP contribution in [0.5, 0.6) is 0 Å². The topological polar surface area (TPSA) is 109 Å². The van der Waals surface area contributed by atoms with E-state index in [4.69, 9.17) is 16.1 Å². The lowest BCUT2D eigenvalue weighted by atomic mass is 9.97. The van der Waals surface area contributed by atoms with Crippen molar-refractivity contribution < 1.29 is 17.7 Å². The van der Waals surface area contributed by atoms with E-state index in [0.29, 0.717) is 48.6 Å². The SMILES string of the molecule is CCN(CC)S(=O)(=O)c1ccc(NC(=O)C2CCCN(Cc3nc(-c4ccc(Cl)cc4)no3)C2)cc1. The predicted molar refractivity (Wildman–Crippen MR) is 138 cm³/mol. The molecule has 1 N–H and O–H groups in total. The number of carbonyl (C=O) groups is 1. The van der Waals surface area contributed by atoms with Gasteiger partial charge in [-0.3, -0.25) is 9.69 Å². The van der Waals surface area contributed by atoms with Crippen molar-refractivity contribution in [1.82, 2.24) is 19.3 Å². The summed E-state index contributed by atoms with van der Waals surface area (Å²) in [5, 5.41) is 7.62. The zero-order valence-corrected chi connectivity index (χ0v) is 21.9. The Morgan fingerprint density at radius 3 is 2.50 bits per heavy atom. The zero-order chi connectivity index (χ0) is 25.7. The summed E-state index contributed by atoms with van der Waals surface area (Å²) in [5.41, 5.74) is 1.39. The fraction of sp³-hybridized carbons (Fsp3) is 0.400. The third-order valence-electron chi connectivity index (χ3n) is 6.27. The van der Waals surface area contributed by atoms with Crippen molar-refractivity contribution in [1.29, 1.82) is 0 Å². The van der Waals surface area contributed by atoms with Gasteiger partial charge in [-0.05, 0) is 67.9 Å². The Morgan fingerprint density at radius 2 is 1.83 bits per heavy atom. The fourth-order valence-corrected chi connectivity index (χ4v) is 5.89. The summed E-state index contributed by atoms with van der Waals surface area (Å²) in [6.45, 7) is 6.28. The van der Waals surface area contributed by atoms with Crippen molar-refractivity contribution in [3.05, 3.63) is 59.4 Å². The van der Waals surface area contributed by atoms with Gasteiger partial charge < -0.3 is 9.84 Å². The first-order valence-corrected chi connectivity index (χ1v) is 13.8. The van der Waals surface area contributed by atoms with Crippen LogP contribution in [0.1, 0.15) is 32.6 Å². The Labute approximate surface area is 216 Å². The van der Waals surface area contributed by atoms with Gasteiger partial charge in [0.2, 0.25) is 27.6 Å². The van der Waals surface area contributed by atoms with Crippen LogP contribution in [0.15, 0.2) is 57.9 Å². The van der Waals surface area contributed by atoms with E-state index in [1.165, 1.54) is 16.4 Å². The monoisotopic (exact) mass is 531 g/mol. The molecule has 192 valence electrons. The third-order valence-corrected chi connectivity index (χ3v) is 8.59. The lowest BCUT2D eigenvalue weighted by Gasteiger charge is -2.30. The van der Waals surface area contributed by atoms with Crippen molar-refractivity contribution in [3.63, 3.8) is 0 Å². The molecule has 1 unspecified atom stereocenters. The number of hydrogen-bond acceptors (Lipinski definition) is 7. The first-order chi connectivity index (χ1) is 17.3. The van der Waals surface area contributed by atoms with E-state index in [0.717, 1.165) is 24.9 Å². The van der Waals surface area contributed by atoms with Crippen LogP contribution in [0, 0.1) is 5.92 Å². The highest BCUT2D eigenvalue weighted by Gasteiger charge is 2.27. The van der Waals surface area contributed by atoms with Crippen molar-refractivity contribution >= 4 is 33.2 Å². The second kappa shape index (κ2) is 11.5. The van der Waals surface area contributed by atoms with Gasteiger partial charge in [-0.15, -0.1) is 0 Å². The maximum Gasteiger partial charge on any atom is 0.243 e. The third kappa shape index (κ3) is 6.12. The number of likely N-dealkylation sites (tertiary alicyclic amines) is 1. The number of aromatic nitrogens is 2. The van der Waals surface area contributed by atoms with Crippen LogP contribution in [0.3, 0.4) is 0 Å². The number of nitrogens with zero attached hydrogens (tertiary/aromatic N) is 4. The second-order valence-electron chi connectivity index (χ2n) is 8.70.